The van der Waals surface area contributed by atoms with Gasteiger partial charge in [0.05, 0.1) is 12.0 Å². The van der Waals surface area contributed by atoms with Gasteiger partial charge in [-0.2, -0.15) is 0 Å². The maximum absolute atomic E-state index is 12.5. The average Bonchev–Trinajstić information content (AvgIpc) is 2.99. The SMILES string of the molecule is CC(CN(CC1CCCO1)C(=O)c1ccncc1)C(=O)O. The van der Waals surface area contributed by atoms with E-state index in [-0.39, 0.29) is 18.6 Å². The number of pyridine rings is 1. The van der Waals surface area contributed by atoms with E-state index in [1.807, 2.05) is 0 Å². The number of hydrogen-bond donors (Lipinski definition) is 1. The van der Waals surface area contributed by atoms with Crippen molar-refractivity contribution in [1.29, 1.82) is 0 Å². The third-order valence-corrected chi connectivity index (χ3v) is 3.58. The van der Waals surface area contributed by atoms with Gasteiger partial charge in [-0.3, -0.25) is 14.6 Å². The van der Waals surface area contributed by atoms with Gasteiger partial charge in [0.2, 0.25) is 0 Å². The molecule has 0 aliphatic carbocycles. The Kier molecular flexibility index (Phi) is 5.27. The Bertz CT molecular complexity index is 486. The molecule has 1 aromatic heterocycles. The molecule has 1 aromatic rings. The van der Waals surface area contributed by atoms with Gasteiger partial charge in [-0.05, 0) is 25.0 Å². The second-order valence-electron chi connectivity index (χ2n) is 5.32. The van der Waals surface area contributed by atoms with Crippen molar-refractivity contribution in [2.24, 2.45) is 5.92 Å². The number of aromatic nitrogens is 1. The van der Waals surface area contributed by atoms with Gasteiger partial charge in [0.25, 0.3) is 5.91 Å². The van der Waals surface area contributed by atoms with Crippen molar-refractivity contribution >= 4 is 11.9 Å². The number of ether oxygens (including phenoxy) is 1. The summed E-state index contributed by atoms with van der Waals surface area (Å²) < 4.78 is 5.56. The van der Waals surface area contributed by atoms with Gasteiger partial charge < -0.3 is 14.7 Å². The summed E-state index contributed by atoms with van der Waals surface area (Å²) in [6.07, 6.45) is 4.99. The predicted octanol–water partition coefficient (Wildman–Crippen LogP) is 1.42. The molecule has 2 atom stereocenters. The van der Waals surface area contributed by atoms with E-state index in [2.05, 4.69) is 4.98 Å². The number of nitrogens with zero attached hydrogens (tertiary/aromatic N) is 2. The number of carbonyl (C=O) groups is 2. The fourth-order valence-electron chi connectivity index (χ4n) is 2.36. The van der Waals surface area contributed by atoms with Crippen molar-refractivity contribution in [3.05, 3.63) is 30.1 Å². The van der Waals surface area contributed by atoms with E-state index in [1.54, 1.807) is 36.4 Å². The summed E-state index contributed by atoms with van der Waals surface area (Å²) in [7, 11) is 0. The molecule has 2 heterocycles. The van der Waals surface area contributed by atoms with E-state index in [0.29, 0.717) is 18.7 Å². The first kappa shape index (κ1) is 15.4. The third-order valence-electron chi connectivity index (χ3n) is 3.58. The molecular weight excluding hydrogens is 272 g/mol. The highest BCUT2D eigenvalue weighted by Gasteiger charge is 2.26. The van der Waals surface area contributed by atoms with Crippen LogP contribution in [-0.4, -0.2) is 52.7 Å². The van der Waals surface area contributed by atoms with Crippen LogP contribution < -0.4 is 0 Å². The molecule has 0 radical (unpaired) electrons. The Balaban J connectivity index is 2.09. The molecule has 6 nitrogen and oxygen atoms in total. The largest absolute Gasteiger partial charge is 0.481 e. The summed E-state index contributed by atoms with van der Waals surface area (Å²) in [5.74, 6) is -1.70. The zero-order valence-corrected chi connectivity index (χ0v) is 12.1. The van der Waals surface area contributed by atoms with Crippen molar-refractivity contribution < 1.29 is 19.4 Å². The zero-order valence-electron chi connectivity index (χ0n) is 12.1. The fraction of sp³-hybridized carbons (Fsp3) is 0.533. The van der Waals surface area contributed by atoms with Crippen molar-refractivity contribution in [2.45, 2.75) is 25.9 Å². The third kappa shape index (κ3) is 4.26. The monoisotopic (exact) mass is 292 g/mol. The van der Waals surface area contributed by atoms with Gasteiger partial charge in [-0.25, -0.2) is 0 Å². The number of aliphatic carboxylic acids is 1. The maximum atomic E-state index is 12.5. The van der Waals surface area contributed by atoms with Gasteiger partial charge in [-0.15, -0.1) is 0 Å². The second-order valence-corrected chi connectivity index (χ2v) is 5.32. The Hall–Kier alpha value is -1.95. The Morgan fingerprint density at radius 2 is 2.19 bits per heavy atom. The van der Waals surface area contributed by atoms with Crippen molar-refractivity contribution in [3.8, 4) is 0 Å². The van der Waals surface area contributed by atoms with Crippen LogP contribution in [-0.2, 0) is 9.53 Å². The first-order valence-electron chi connectivity index (χ1n) is 7.11. The first-order chi connectivity index (χ1) is 10.1. The quantitative estimate of drug-likeness (QED) is 0.858. The molecule has 2 rings (SSSR count). The van der Waals surface area contributed by atoms with E-state index < -0.39 is 11.9 Å². The van der Waals surface area contributed by atoms with Gasteiger partial charge in [0.1, 0.15) is 0 Å². The van der Waals surface area contributed by atoms with Gasteiger partial charge in [0, 0.05) is 37.7 Å². The Labute approximate surface area is 123 Å². The van der Waals surface area contributed by atoms with E-state index in [4.69, 9.17) is 9.84 Å². The Morgan fingerprint density at radius 3 is 2.76 bits per heavy atom. The molecule has 0 saturated carbocycles. The van der Waals surface area contributed by atoms with Crippen LogP contribution >= 0.6 is 0 Å². The van der Waals surface area contributed by atoms with Gasteiger partial charge >= 0.3 is 5.97 Å². The summed E-state index contributed by atoms with van der Waals surface area (Å²) in [5, 5.41) is 9.06. The molecule has 114 valence electrons. The lowest BCUT2D eigenvalue weighted by Crippen LogP contribution is -2.41. The molecule has 1 aliphatic rings. The molecule has 1 fully saturated rings. The van der Waals surface area contributed by atoms with Gasteiger partial charge in [0.15, 0.2) is 0 Å². The number of rotatable bonds is 6. The van der Waals surface area contributed by atoms with Crippen LogP contribution in [0.2, 0.25) is 0 Å². The molecule has 1 amide bonds. The normalized spacial score (nSPS) is 19.2. The minimum atomic E-state index is -0.908. The fourth-order valence-corrected chi connectivity index (χ4v) is 2.36. The predicted molar refractivity (Wildman–Crippen MR) is 75.9 cm³/mol. The highest BCUT2D eigenvalue weighted by Crippen LogP contribution is 2.16. The molecule has 0 bridgehead atoms. The van der Waals surface area contributed by atoms with Crippen LogP contribution in [0.25, 0.3) is 0 Å². The highest BCUT2D eigenvalue weighted by molar-refractivity contribution is 5.94. The van der Waals surface area contributed by atoms with Crippen LogP contribution in [0.4, 0.5) is 0 Å². The summed E-state index contributed by atoms with van der Waals surface area (Å²) in [6.45, 7) is 2.91. The number of carbonyl (C=O) groups excluding carboxylic acids is 1. The zero-order chi connectivity index (χ0) is 15.2. The number of hydrogen-bond acceptors (Lipinski definition) is 4. The average molecular weight is 292 g/mol. The second kappa shape index (κ2) is 7.17. The van der Waals surface area contributed by atoms with Crippen LogP contribution in [0, 0.1) is 5.92 Å². The lowest BCUT2D eigenvalue weighted by atomic mass is 10.1. The topological polar surface area (TPSA) is 79.7 Å². The molecule has 0 spiro atoms. The number of carboxylic acid groups (broad SMARTS) is 1. The van der Waals surface area contributed by atoms with E-state index in [0.717, 1.165) is 12.8 Å². The highest BCUT2D eigenvalue weighted by atomic mass is 16.5. The van der Waals surface area contributed by atoms with E-state index in [9.17, 15) is 9.59 Å². The minimum absolute atomic E-state index is 0.00298. The number of amides is 1. The summed E-state index contributed by atoms with van der Waals surface area (Å²) in [6, 6.07) is 3.27. The molecular formula is C15H20N2O4. The summed E-state index contributed by atoms with van der Waals surface area (Å²) >= 11 is 0. The maximum Gasteiger partial charge on any atom is 0.308 e. The molecule has 21 heavy (non-hydrogen) atoms. The molecule has 1 saturated heterocycles. The van der Waals surface area contributed by atoms with Crippen LogP contribution in [0.1, 0.15) is 30.1 Å². The van der Waals surface area contributed by atoms with Crippen LogP contribution in [0.5, 0.6) is 0 Å². The first-order valence-corrected chi connectivity index (χ1v) is 7.11. The van der Waals surface area contributed by atoms with Crippen LogP contribution in [0.15, 0.2) is 24.5 Å². The minimum Gasteiger partial charge on any atom is -0.481 e. The number of carboxylic acids is 1. The summed E-state index contributed by atoms with van der Waals surface area (Å²) in [4.78, 5) is 29.1. The molecule has 0 aromatic carbocycles. The lowest BCUT2D eigenvalue weighted by molar-refractivity contribution is -0.141. The molecule has 1 N–H and O–H groups in total. The van der Waals surface area contributed by atoms with Gasteiger partial charge in [-0.1, -0.05) is 6.92 Å². The van der Waals surface area contributed by atoms with Crippen molar-refractivity contribution in [2.75, 3.05) is 19.7 Å². The van der Waals surface area contributed by atoms with Crippen LogP contribution in [0.3, 0.4) is 0 Å². The molecule has 1 aliphatic heterocycles. The van der Waals surface area contributed by atoms with E-state index >= 15 is 0 Å². The molecule has 6 heteroatoms. The Morgan fingerprint density at radius 1 is 1.48 bits per heavy atom. The smallest absolute Gasteiger partial charge is 0.308 e. The van der Waals surface area contributed by atoms with E-state index in [1.165, 1.54) is 0 Å². The summed E-state index contributed by atoms with van der Waals surface area (Å²) in [5.41, 5.74) is 0.514. The van der Waals surface area contributed by atoms with Crippen molar-refractivity contribution in [1.82, 2.24) is 9.88 Å². The standard InChI is InChI=1S/C15H20N2O4/c1-11(15(19)20)9-17(10-13-3-2-8-21-13)14(18)12-4-6-16-7-5-12/h4-7,11,13H,2-3,8-10H2,1H3,(H,19,20). The van der Waals surface area contributed by atoms with Crippen molar-refractivity contribution in [3.63, 3.8) is 0 Å². The lowest BCUT2D eigenvalue weighted by Gasteiger charge is -2.27. The molecule has 2 unspecified atom stereocenters.